The van der Waals surface area contributed by atoms with E-state index in [4.69, 9.17) is 4.74 Å². The third-order valence-electron chi connectivity index (χ3n) is 3.99. The van der Waals surface area contributed by atoms with Crippen LogP contribution in [0.3, 0.4) is 0 Å². The average Bonchev–Trinajstić information content (AvgIpc) is 3.01. The van der Waals surface area contributed by atoms with Crippen LogP contribution in [0.15, 0.2) is 53.2 Å². The molecular weight excluding hydrogens is 352 g/mol. The monoisotopic (exact) mass is 366 g/mol. The number of esters is 2. The van der Waals surface area contributed by atoms with Gasteiger partial charge >= 0.3 is 11.9 Å². The molecule has 8 heteroatoms. The minimum absolute atomic E-state index is 0.0126. The minimum atomic E-state index is -0.659. The lowest BCUT2D eigenvalue weighted by atomic mass is 10.1. The normalized spacial score (nSPS) is 14.7. The summed E-state index contributed by atoms with van der Waals surface area (Å²) in [7, 11) is 1.29. The number of cyclic esters (lactones) is 1. The van der Waals surface area contributed by atoms with Gasteiger partial charge in [0, 0.05) is 17.2 Å². The predicted molar refractivity (Wildman–Crippen MR) is 96.2 cm³/mol. The third kappa shape index (κ3) is 3.59. The van der Waals surface area contributed by atoms with Crippen LogP contribution < -0.4 is 0 Å². The lowest BCUT2D eigenvalue weighted by Gasteiger charge is -2.04. The van der Waals surface area contributed by atoms with Crippen molar-refractivity contribution < 1.29 is 24.0 Å². The SMILES string of the molecule is COC(=O)c1ccc(/C=C2\N=C(c3cccc([N+](=O)[O-])c3C)OC2=O)cc1. The Labute approximate surface area is 153 Å². The van der Waals surface area contributed by atoms with Gasteiger partial charge < -0.3 is 9.47 Å². The molecule has 0 saturated heterocycles. The van der Waals surface area contributed by atoms with Crippen molar-refractivity contribution in [1.82, 2.24) is 0 Å². The Morgan fingerprint density at radius 3 is 2.56 bits per heavy atom. The fraction of sp³-hybridized carbons (Fsp3) is 0.105. The molecule has 1 aliphatic rings. The zero-order chi connectivity index (χ0) is 19.6. The van der Waals surface area contributed by atoms with Gasteiger partial charge in [-0.1, -0.05) is 18.2 Å². The topological polar surface area (TPSA) is 108 Å². The van der Waals surface area contributed by atoms with Crippen LogP contribution in [0.25, 0.3) is 6.08 Å². The Hall–Kier alpha value is -3.81. The van der Waals surface area contributed by atoms with Crippen molar-refractivity contribution in [1.29, 1.82) is 0 Å². The minimum Gasteiger partial charge on any atom is -0.465 e. The summed E-state index contributed by atoms with van der Waals surface area (Å²) in [6.45, 7) is 1.57. The van der Waals surface area contributed by atoms with E-state index < -0.39 is 16.9 Å². The molecule has 136 valence electrons. The number of nitro benzene ring substituents is 1. The second kappa shape index (κ2) is 7.20. The van der Waals surface area contributed by atoms with Crippen LogP contribution >= 0.6 is 0 Å². The molecule has 1 heterocycles. The molecule has 0 N–H and O–H groups in total. The molecule has 0 amide bonds. The summed E-state index contributed by atoms with van der Waals surface area (Å²) < 4.78 is 9.80. The largest absolute Gasteiger partial charge is 0.465 e. The molecule has 0 fully saturated rings. The summed E-state index contributed by atoms with van der Waals surface area (Å²) in [5.41, 5.74) is 1.73. The Morgan fingerprint density at radius 1 is 1.22 bits per heavy atom. The molecule has 2 aromatic carbocycles. The van der Waals surface area contributed by atoms with Gasteiger partial charge in [-0.05, 0) is 36.8 Å². The lowest BCUT2D eigenvalue weighted by molar-refractivity contribution is -0.385. The van der Waals surface area contributed by atoms with Gasteiger partial charge in [0.1, 0.15) is 0 Å². The maximum atomic E-state index is 12.1. The number of carbonyl (C=O) groups is 2. The molecule has 2 aromatic rings. The highest BCUT2D eigenvalue weighted by Gasteiger charge is 2.27. The van der Waals surface area contributed by atoms with Gasteiger partial charge in [0.25, 0.3) is 5.69 Å². The first-order valence-electron chi connectivity index (χ1n) is 7.86. The van der Waals surface area contributed by atoms with Crippen LogP contribution in [0.2, 0.25) is 0 Å². The molecule has 1 aliphatic heterocycles. The number of ether oxygens (including phenoxy) is 2. The Bertz CT molecular complexity index is 1010. The van der Waals surface area contributed by atoms with Gasteiger partial charge in [-0.25, -0.2) is 14.6 Å². The fourth-order valence-electron chi connectivity index (χ4n) is 2.57. The summed E-state index contributed by atoms with van der Waals surface area (Å²) >= 11 is 0. The maximum absolute atomic E-state index is 12.1. The molecule has 0 radical (unpaired) electrons. The predicted octanol–water partition coefficient (Wildman–Crippen LogP) is 3.03. The van der Waals surface area contributed by atoms with Crippen molar-refractivity contribution in [3.63, 3.8) is 0 Å². The maximum Gasteiger partial charge on any atom is 0.363 e. The Kier molecular flexibility index (Phi) is 4.80. The van der Waals surface area contributed by atoms with E-state index in [0.717, 1.165) is 0 Å². The number of carbonyl (C=O) groups excluding carboxylic acids is 2. The number of hydrogen-bond acceptors (Lipinski definition) is 7. The molecule has 0 atom stereocenters. The number of nitrogens with zero attached hydrogens (tertiary/aromatic N) is 2. The van der Waals surface area contributed by atoms with Crippen molar-refractivity contribution in [2.45, 2.75) is 6.92 Å². The number of methoxy groups -OCH3 is 1. The van der Waals surface area contributed by atoms with Gasteiger partial charge in [0.05, 0.1) is 17.6 Å². The zero-order valence-electron chi connectivity index (χ0n) is 14.5. The van der Waals surface area contributed by atoms with Crippen molar-refractivity contribution in [2.24, 2.45) is 4.99 Å². The van der Waals surface area contributed by atoms with E-state index in [9.17, 15) is 19.7 Å². The molecule has 0 spiro atoms. The molecule has 0 aromatic heterocycles. The quantitative estimate of drug-likeness (QED) is 0.356. The number of aliphatic imine (C=N–C) groups is 1. The van der Waals surface area contributed by atoms with E-state index in [1.165, 1.54) is 25.3 Å². The second-order valence-corrected chi connectivity index (χ2v) is 5.66. The van der Waals surface area contributed by atoms with Crippen LogP contribution in [0.4, 0.5) is 5.69 Å². The van der Waals surface area contributed by atoms with Crippen LogP contribution in [0.1, 0.15) is 27.0 Å². The van der Waals surface area contributed by atoms with E-state index in [0.29, 0.717) is 22.3 Å². The highest BCUT2D eigenvalue weighted by Crippen LogP contribution is 2.26. The summed E-state index contributed by atoms with van der Waals surface area (Å²) in [4.78, 5) is 38.3. The smallest absolute Gasteiger partial charge is 0.363 e. The van der Waals surface area contributed by atoms with Crippen molar-refractivity contribution in [3.8, 4) is 0 Å². The van der Waals surface area contributed by atoms with Crippen molar-refractivity contribution in [2.75, 3.05) is 7.11 Å². The highest BCUT2D eigenvalue weighted by atomic mass is 16.6. The van der Waals surface area contributed by atoms with Crippen LogP contribution in [-0.2, 0) is 14.3 Å². The second-order valence-electron chi connectivity index (χ2n) is 5.66. The first kappa shape index (κ1) is 18.0. The van der Waals surface area contributed by atoms with Crippen LogP contribution in [0.5, 0.6) is 0 Å². The standard InChI is InChI=1S/C19H14N2O6/c1-11-14(4-3-5-16(11)21(24)25)17-20-15(19(23)27-17)10-12-6-8-13(9-7-12)18(22)26-2/h3-10H,1-2H3/b15-10-. The summed E-state index contributed by atoms with van der Waals surface area (Å²) in [5.74, 6) is -1.11. The van der Waals surface area contributed by atoms with E-state index in [1.54, 1.807) is 37.3 Å². The van der Waals surface area contributed by atoms with Crippen molar-refractivity contribution >= 4 is 29.6 Å². The third-order valence-corrected chi connectivity index (χ3v) is 3.99. The van der Waals surface area contributed by atoms with E-state index >= 15 is 0 Å². The Morgan fingerprint density at radius 2 is 1.93 bits per heavy atom. The summed E-state index contributed by atoms with van der Waals surface area (Å²) in [6.07, 6.45) is 1.50. The molecule has 0 bridgehead atoms. The molecular formula is C19H14N2O6. The fourth-order valence-corrected chi connectivity index (χ4v) is 2.57. The average molecular weight is 366 g/mol. The lowest BCUT2D eigenvalue weighted by Crippen LogP contribution is -2.08. The molecule has 3 rings (SSSR count). The van der Waals surface area contributed by atoms with Gasteiger partial charge in [0.15, 0.2) is 5.70 Å². The summed E-state index contributed by atoms with van der Waals surface area (Å²) in [6, 6.07) is 10.9. The number of nitro groups is 1. The molecule has 0 unspecified atom stereocenters. The van der Waals surface area contributed by atoms with E-state index in [2.05, 4.69) is 9.73 Å². The molecule has 0 saturated carbocycles. The first-order valence-corrected chi connectivity index (χ1v) is 7.86. The number of benzene rings is 2. The van der Waals surface area contributed by atoms with Gasteiger partial charge in [-0.2, -0.15) is 0 Å². The highest BCUT2D eigenvalue weighted by molar-refractivity contribution is 6.13. The summed E-state index contributed by atoms with van der Waals surface area (Å²) in [5, 5.41) is 11.1. The number of rotatable bonds is 4. The molecule has 8 nitrogen and oxygen atoms in total. The van der Waals surface area contributed by atoms with Crippen LogP contribution in [0, 0.1) is 17.0 Å². The molecule has 0 aliphatic carbocycles. The number of hydrogen-bond donors (Lipinski definition) is 0. The van der Waals surface area contributed by atoms with Crippen molar-refractivity contribution in [3.05, 3.63) is 80.5 Å². The van der Waals surface area contributed by atoms with Gasteiger partial charge in [-0.3, -0.25) is 10.1 Å². The van der Waals surface area contributed by atoms with Gasteiger partial charge in [-0.15, -0.1) is 0 Å². The molecule has 27 heavy (non-hydrogen) atoms. The van der Waals surface area contributed by atoms with Gasteiger partial charge in [0.2, 0.25) is 5.90 Å². The Balaban J connectivity index is 1.93. The van der Waals surface area contributed by atoms with E-state index in [1.807, 2.05) is 0 Å². The van der Waals surface area contributed by atoms with Crippen LogP contribution in [-0.4, -0.2) is 29.9 Å². The van der Waals surface area contributed by atoms with E-state index in [-0.39, 0.29) is 17.3 Å². The first-order chi connectivity index (χ1) is 12.9. The zero-order valence-corrected chi connectivity index (χ0v) is 14.5.